The second-order valence-electron chi connectivity index (χ2n) is 9.60. The SMILES string of the molecule is CCCCNC(=O)C(Cc1ccccc1)N(Cc1ccccc1F)C(=O)CN(c1ccccc1)S(=O)(=O)N(C)C. The molecule has 1 atom stereocenters. The van der Waals surface area contributed by atoms with Crippen molar-refractivity contribution in [3.63, 3.8) is 0 Å². The number of hydrogen-bond donors (Lipinski definition) is 1. The van der Waals surface area contributed by atoms with Crippen LogP contribution in [0.3, 0.4) is 0 Å². The molecule has 3 aromatic carbocycles. The van der Waals surface area contributed by atoms with Crippen LogP contribution in [0.1, 0.15) is 30.9 Å². The Kier molecular flexibility index (Phi) is 11.2. The molecule has 214 valence electrons. The maximum Gasteiger partial charge on any atom is 0.304 e. The van der Waals surface area contributed by atoms with Gasteiger partial charge in [-0.15, -0.1) is 0 Å². The molecule has 1 unspecified atom stereocenters. The number of hydrogen-bond acceptors (Lipinski definition) is 4. The number of amides is 2. The van der Waals surface area contributed by atoms with Gasteiger partial charge in [0.15, 0.2) is 0 Å². The smallest absolute Gasteiger partial charge is 0.304 e. The number of halogens is 1. The Hall–Kier alpha value is -3.76. The third kappa shape index (κ3) is 8.12. The predicted molar refractivity (Wildman–Crippen MR) is 155 cm³/mol. The van der Waals surface area contributed by atoms with Crippen molar-refractivity contribution in [2.45, 2.75) is 38.8 Å². The summed E-state index contributed by atoms with van der Waals surface area (Å²) in [5.74, 6) is -1.54. The Morgan fingerprint density at radius 1 is 0.900 bits per heavy atom. The minimum atomic E-state index is -4.08. The lowest BCUT2D eigenvalue weighted by atomic mass is 10.0. The van der Waals surface area contributed by atoms with Gasteiger partial charge in [-0.05, 0) is 30.2 Å². The van der Waals surface area contributed by atoms with Crippen molar-refractivity contribution >= 4 is 27.7 Å². The lowest BCUT2D eigenvalue weighted by Crippen LogP contribution is -2.54. The normalized spacial score (nSPS) is 12.1. The fourth-order valence-corrected chi connectivity index (χ4v) is 5.24. The highest BCUT2D eigenvalue weighted by Gasteiger charge is 2.34. The highest BCUT2D eigenvalue weighted by Crippen LogP contribution is 2.22. The third-order valence-corrected chi connectivity index (χ3v) is 8.28. The second-order valence-corrected chi connectivity index (χ2v) is 11.7. The van der Waals surface area contributed by atoms with Gasteiger partial charge in [0.2, 0.25) is 11.8 Å². The van der Waals surface area contributed by atoms with E-state index in [9.17, 15) is 22.4 Å². The Balaban J connectivity index is 2.06. The number of carbonyl (C=O) groups excluding carboxylic acids is 2. The van der Waals surface area contributed by atoms with E-state index < -0.39 is 34.5 Å². The van der Waals surface area contributed by atoms with E-state index in [1.807, 2.05) is 37.3 Å². The van der Waals surface area contributed by atoms with Crippen LogP contribution in [-0.4, -0.2) is 62.7 Å². The first-order valence-corrected chi connectivity index (χ1v) is 14.6. The summed E-state index contributed by atoms with van der Waals surface area (Å²) < 4.78 is 43.5. The van der Waals surface area contributed by atoms with Crippen LogP contribution in [0.15, 0.2) is 84.9 Å². The maximum absolute atomic E-state index is 14.8. The van der Waals surface area contributed by atoms with Crippen LogP contribution in [-0.2, 0) is 32.8 Å². The summed E-state index contributed by atoms with van der Waals surface area (Å²) in [6.45, 7) is 1.64. The first-order valence-electron chi connectivity index (χ1n) is 13.2. The van der Waals surface area contributed by atoms with Gasteiger partial charge in [0, 0.05) is 39.2 Å². The summed E-state index contributed by atoms with van der Waals surface area (Å²) in [7, 11) is -1.32. The molecule has 0 saturated carbocycles. The number of nitrogens with zero attached hydrogens (tertiary/aromatic N) is 3. The number of unbranched alkanes of at least 4 members (excludes halogenated alkanes) is 1. The van der Waals surface area contributed by atoms with Crippen LogP contribution in [0, 0.1) is 5.82 Å². The molecule has 0 aliphatic heterocycles. The zero-order chi connectivity index (χ0) is 29.1. The molecule has 0 saturated heterocycles. The molecule has 1 N–H and O–H groups in total. The average molecular weight is 569 g/mol. The van der Waals surface area contributed by atoms with E-state index in [1.54, 1.807) is 48.5 Å². The number of carbonyl (C=O) groups is 2. The summed E-state index contributed by atoms with van der Waals surface area (Å²) in [5.41, 5.74) is 1.32. The molecule has 2 amide bonds. The molecule has 3 rings (SSSR count). The van der Waals surface area contributed by atoms with Crippen molar-refractivity contribution in [2.75, 3.05) is 31.5 Å². The molecule has 0 aliphatic rings. The van der Waals surface area contributed by atoms with Crippen molar-refractivity contribution in [3.8, 4) is 0 Å². The van der Waals surface area contributed by atoms with Crippen molar-refractivity contribution in [3.05, 3.63) is 102 Å². The molecule has 0 radical (unpaired) electrons. The number of anilines is 1. The zero-order valence-corrected chi connectivity index (χ0v) is 24.0. The molecule has 0 heterocycles. The zero-order valence-electron chi connectivity index (χ0n) is 23.2. The Morgan fingerprint density at radius 2 is 1.50 bits per heavy atom. The highest BCUT2D eigenvalue weighted by atomic mass is 32.2. The molecule has 40 heavy (non-hydrogen) atoms. The number of para-hydroxylation sites is 1. The number of benzene rings is 3. The van der Waals surface area contributed by atoms with Crippen molar-refractivity contribution in [1.82, 2.24) is 14.5 Å². The van der Waals surface area contributed by atoms with Gasteiger partial charge in [0.1, 0.15) is 18.4 Å². The van der Waals surface area contributed by atoms with E-state index in [4.69, 9.17) is 0 Å². The average Bonchev–Trinajstić information content (AvgIpc) is 2.95. The van der Waals surface area contributed by atoms with E-state index >= 15 is 0 Å². The monoisotopic (exact) mass is 568 g/mol. The molecule has 0 fully saturated rings. The van der Waals surface area contributed by atoms with Gasteiger partial charge in [0.05, 0.1) is 5.69 Å². The summed E-state index contributed by atoms with van der Waals surface area (Å²) >= 11 is 0. The molecular formula is C30H37FN4O4S. The van der Waals surface area contributed by atoms with Crippen LogP contribution in [0.25, 0.3) is 0 Å². The lowest BCUT2D eigenvalue weighted by molar-refractivity contribution is -0.140. The third-order valence-electron chi connectivity index (χ3n) is 6.46. The highest BCUT2D eigenvalue weighted by molar-refractivity contribution is 7.90. The minimum absolute atomic E-state index is 0.171. The fraction of sp³-hybridized carbons (Fsp3) is 0.333. The molecule has 3 aromatic rings. The fourth-order valence-electron chi connectivity index (χ4n) is 4.18. The van der Waals surface area contributed by atoms with Crippen LogP contribution in [0.5, 0.6) is 0 Å². The van der Waals surface area contributed by atoms with Crippen LogP contribution in [0.2, 0.25) is 0 Å². The molecule has 0 aliphatic carbocycles. The topological polar surface area (TPSA) is 90.0 Å². The van der Waals surface area contributed by atoms with Crippen LogP contribution in [0.4, 0.5) is 10.1 Å². The summed E-state index contributed by atoms with van der Waals surface area (Å²) in [4.78, 5) is 28.9. The van der Waals surface area contributed by atoms with Gasteiger partial charge in [0.25, 0.3) is 0 Å². The quantitative estimate of drug-likeness (QED) is 0.298. The summed E-state index contributed by atoms with van der Waals surface area (Å²) in [5, 5.41) is 2.91. The number of rotatable bonds is 14. The Labute approximate surface area is 236 Å². The van der Waals surface area contributed by atoms with Gasteiger partial charge in [-0.3, -0.25) is 9.59 Å². The molecule has 0 aromatic heterocycles. The molecule has 0 spiro atoms. The van der Waals surface area contributed by atoms with Gasteiger partial charge in [-0.25, -0.2) is 8.70 Å². The molecule has 0 bridgehead atoms. The van der Waals surface area contributed by atoms with E-state index in [0.717, 1.165) is 27.0 Å². The summed E-state index contributed by atoms with van der Waals surface area (Å²) in [6.07, 6.45) is 1.80. The van der Waals surface area contributed by atoms with Crippen molar-refractivity contribution < 1.29 is 22.4 Å². The Morgan fingerprint density at radius 3 is 2.10 bits per heavy atom. The van der Waals surface area contributed by atoms with Gasteiger partial charge >= 0.3 is 10.2 Å². The first-order chi connectivity index (χ1) is 19.1. The van der Waals surface area contributed by atoms with E-state index in [2.05, 4.69) is 5.32 Å². The van der Waals surface area contributed by atoms with Crippen LogP contribution < -0.4 is 9.62 Å². The van der Waals surface area contributed by atoms with E-state index in [0.29, 0.717) is 12.2 Å². The standard InChI is InChI=1S/C30H37FN4O4S/c1-4-5-20-32-30(37)28(21-24-14-8-6-9-15-24)34(22-25-16-12-13-19-27(25)31)29(36)23-35(40(38,39)33(2)3)26-17-10-7-11-18-26/h6-19,28H,4-5,20-23H2,1-3H3,(H,32,37). The number of nitrogens with one attached hydrogen (secondary N) is 1. The second kappa shape index (κ2) is 14.6. The van der Waals surface area contributed by atoms with Crippen molar-refractivity contribution in [1.29, 1.82) is 0 Å². The van der Waals surface area contributed by atoms with Crippen molar-refractivity contribution in [2.24, 2.45) is 0 Å². The predicted octanol–water partition coefficient (Wildman–Crippen LogP) is 3.99. The van der Waals surface area contributed by atoms with E-state index in [1.165, 1.54) is 25.1 Å². The lowest BCUT2D eigenvalue weighted by Gasteiger charge is -2.34. The molecule has 8 nitrogen and oxygen atoms in total. The largest absolute Gasteiger partial charge is 0.354 e. The summed E-state index contributed by atoms with van der Waals surface area (Å²) in [6, 6.07) is 22.5. The molecule has 10 heteroatoms. The maximum atomic E-state index is 14.8. The van der Waals surface area contributed by atoms with Gasteiger partial charge < -0.3 is 10.2 Å². The van der Waals surface area contributed by atoms with Crippen LogP contribution >= 0.6 is 0 Å². The Bertz CT molecular complexity index is 1350. The molecular weight excluding hydrogens is 531 g/mol. The van der Waals surface area contributed by atoms with Gasteiger partial charge in [-0.1, -0.05) is 80.1 Å². The minimum Gasteiger partial charge on any atom is -0.354 e. The van der Waals surface area contributed by atoms with E-state index in [-0.39, 0.29) is 24.4 Å². The van der Waals surface area contributed by atoms with Gasteiger partial charge in [-0.2, -0.15) is 12.7 Å². The first kappa shape index (κ1) is 30.8.